The zero-order valence-corrected chi connectivity index (χ0v) is 13.5. The molecular weight excluding hydrogens is 268 g/mol. The van der Waals surface area contributed by atoms with Crippen LogP contribution in [-0.4, -0.2) is 23.7 Å². The number of rotatable bonds is 9. The van der Waals surface area contributed by atoms with Crippen molar-refractivity contribution in [2.45, 2.75) is 71.6 Å². The summed E-state index contributed by atoms with van der Waals surface area (Å²) < 4.78 is 5.31. The largest absolute Gasteiger partial charge is 0.481 e. The fraction of sp³-hybridized carbons (Fsp3) is 0.882. The van der Waals surface area contributed by atoms with E-state index in [4.69, 9.17) is 9.84 Å². The fourth-order valence-electron chi connectivity index (χ4n) is 2.93. The van der Waals surface area contributed by atoms with Crippen molar-refractivity contribution in [3.05, 3.63) is 0 Å². The van der Waals surface area contributed by atoms with Gasteiger partial charge < -0.3 is 9.84 Å². The summed E-state index contributed by atoms with van der Waals surface area (Å²) in [7, 11) is 0. The molecule has 2 unspecified atom stereocenters. The average molecular weight is 298 g/mol. The third-order valence-corrected chi connectivity index (χ3v) is 4.28. The highest BCUT2D eigenvalue weighted by Crippen LogP contribution is 2.30. The molecule has 0 aromatic rings. The summed E-state index contributed by atoms with van der Waals surface area (Å²) in [5, 5.41) is 9.02. The quantitative estimate of drug-likeness (QED) is 0.515. The van der Waals surface area contributed by atoms with Gasteiger partial charge in [-0.3, -0.25) is 9.59 Å². The van der Waals surface area contributed by atoms with Gasteiger partial charge in [0.25, 0.3) is 0 Å². The second-order valence-electron chi connectivity index (χ2n) is 6.66. The second kappa shape index (κ2) is 9.80. The molecule has 1 saturated carbocycles. The number of carboxylic acid groups (broad SMARTS) is 1. The van der Waals surface area contributed by atoms with Gasteiger partial charge in [0.2, 0.25) is 0 Å². The predicted molar refractivity (Wildman–Crippen MR) is 82.0 cm³/mol. The third-order valence-electron chi connectivity index (χ3n) is 4.28. The zero-order chi connectivity index (χ0) is 15.7. The van der Waals surface area contributed by atoms with E-state index in [1.807, 2.05) is 0 Å². The second-order valence-corrected chi connectivity index (χ2v) is 6.66. The molecule has 1 fully saturated rings. The van der Waals surface area contributed by atoms with E-state index in [9.17, 15) is 9.59 Å². The molecule has 0 spiro atoms. The van der Waals surface area contributed by atoms with Crippen LogP contribution in [0.2, 0.25) is 0 Å². The molecule has 0 bridgehead atoms. The van der Waals surface area contributed by atoms with Gasteiger partial charge in [-0.15, -0.1) is 0 Å². The number of aliphatic carboxylic acids is 1. The van der Waals surface area contributed by atoms with E-state index in [2.05, 4.69) is 13.8 Å². The van der Waals surface area contributed by atoms with Crippen LogP contribution in [0.3, 0.4) is 0 Å². The Hall–Kier alpha value is -1.06. The van der Waals surface area contributed by atoms with Crippen molar-refractivity contribution < 1.29 is 19.4 Å². The van der Waals surface area contributed by atoms with Gasteiger partial charge in [-0.05, 0) is 31.6 Å². The topological polar surface area (TPSA) is 63.6 Å². The fourth-order valence-corrected chi connectivity index (χ4v) is 2.93. The summed E-state index contributed by atoms with van der Waals surface area (Å²) in [5.41, 5.74) is 0. The van der Waals surface area contributed by atoms with Gasteiger partial charge in [0, 0.05) is 0 Å². The maximum absolute atomic E-state index is 11.9. The molecule has 0 amide bonds. The molecule has 0 radical (unpaired) electrons. The van der Waals surface area contributed by atoms with Crippen molar-refractivity contribution in [2.75, 3.05) is 6.61 Å². The molecule has 0 aromatic heterocycles. The predicted octanol–water partition coefficient (Wildman–Crippen LogP) is 4.03. The number of carbonyl (C=O) groups is 2. The van der Waals surface area contributed by atoms with E-state index < -0.39 is 5.97 Å². The molecule has 0 heterocycles. The Morgan fingerprint density at radius 1 is 1.10 bits per heavy atom. The summed E-state index contributed by atoms with van der Waals surface area (Å²) in [6.45, 7) is 4.95. The van der Waals surface area contributed by atoms with Gasteiger partial charge in [0.1, 0.15) is 0 Å². The van der Waals surface area contributed by atoms with E-state index in [1.54, 1.807) is 0 Å². The Morgan fingerprint density at radius 2 is 1.76 bits per heavy atom. The lowest BCUT2D eigenvalue weighted by molar-refractivity contribution is -0.152. The van der Waals surface area contributed by atoms with Crippen molar-refractivity contribution in [2.24, 2.45) is 17.8 Å². The monoisotopic (exact) mass is 298 g/mol. The van der Waals surface area contributed by atoms with Gasteiger partial charge >= 0.3 is 11.9 Å². The SMILES string of the molecule is CC(C)CCCCCCOC(=O)C1CCCC(C(=O)O)C1. The molecule has 122 valence electrons. The first-order valence-electron chi connectivity index (χ1n) is 8.40. The first-order chi connectivity index (χ1) is 10.0. The third kappa shape index (κ3) is 7.49. The molecule has 1 aliphatic rings. The molecule has 1 rings (SSSR count). The van der Waals surface area contributed by atoms with Crippen molar-refractivity contribution >= 4 is 11.9 Å². The van der Waals surface area contributed by atoms with Gasteiger partial charge in [0.05, 0.1) is 18.4 Å². The summed E-state index contributed by atoms with van der Waals surface area (Å²) in [6, 6.07) is 0. The van der Waals surface area contributed by atoms with Crippen LogP contribution >= 0.6 is 0 Å². The van der Waals surface area contributed by atoms with Gasteiger partial charge in [0.15, 0.2) is 0 Å². The van der Waals surface area contributed by atoms with Crippen LogP contribution in [0.15, 0.2) is 0 Å². The lowest BCUT2D eigenvalue weighted by atomic mass is 9.81. The summed E-state index contributed by atoms with van der Waals surface area (Å²) in [6.07, 6.45) is 8.44. The highest BCUT2D eigenvalue weighted by molar-refractivity contribution is 5.75. The minimum atomic E-state index is -0.780. The van der Waals surface area contributed by atoms with E-state index in [-0.39, 0.29) is 17.8 Å². The Bertz CT molecular complexity index is 325. The number of hydrogen-bond acceptors (Lipinski definition) is 3. The first-order valence-corrected chi connectivity index (χ1v) is 8.40. The van der Waals surface area contributed by atoms with Crippen LogP contribution < -0.4 is 0 Å². The number of unbranched alkanes of at least 4 members (excludes halogenated alkanes) is 3. The average Bonchev–Trinajstić information content (AvgIpc) is 2.45. The smallest absolute Gasteiger partial charge is 0.308 e. The lowest BCUT2D eigenvalue weighted by Crippen LogP contribution is -2.28. The van der Waals surface area contributed by atoms with Crippen molar-refractivity contribution in [1.29, 1.82) is 0 Å². The highest BCUT2D eigenvalue weighted by Gasteiger charge is 2.31. The molecule has 0 aromatic carbocycles. The summed E-state index contributed by atoms with van der Waals surface area (Å²) >= 11 is 0. The van der Waals surface area contributed by atoms with Crippen LogP contribution in [0.25, 0.3) is 0 Å². The molecule has 0 saturated heterocycles. The van der Waals surface area contributed by atoms with E-state index in [0.29, 0.717) is 19.4 Å². The van der Waals surface area contributed by atoms with E-state index >= 15 is 0 Å². The summed E-state index contributed by atoms with van der Waals surface area (Å²) in [4.78, 5) is 22.9. The minimum absolute atomic E-state index is 0.192. The van der Waals surface area contributed by atoms with Crippen LogP contribution in [0.5, 0.6) is 0 Å². The van der Waals surface area contributed by atoms with Gasteiger partial charge in [-0.1, -0.05) is 46.0 Å². The highest BCUT2D eigenvalue weighted by atomic mass is 16.5. The molecule has 1 N–H and O–H groups in total. The molecule has 0 aliphatic heterocycles. The minimum Gasteiger partial charge on any atom is -0.481 e. The van der Waals surface area contributed by atoms with Crippen LogP contribution in [0.4, 0.5) is 0 Å². The molecular formula is C17H30O4. The van der Waals surface area contributed by atoms with Crippen molar-refractivity contribution in [3.63, 3.8) is 0 Å². The summed E-state index contributed by atoms with van der Waals surface area (Å²) in [5.74, 6) is -0.787. The number of hydrogen-bond donors (Lipinski definition) is 1. The van der Waals surface area contributed by atoms with E-state index in [1.165, 1.54) is 19.3 Å². The Kier molecular flexibility index (Phi) is 8.40. The Balaban J connectivity index is 2.09. The van der Waals surface area contributed by atoms with Gasteiger partial charge in [-0.25, -0.2) is 0 Å². The molecule has 1 aliphatic carbocycles. The molecule has 4 heteroatoms. The van der Waals surface area contributed by atoms with Crippen LogP contribution in [0, 0.1) is 17.8 Å². The van der Waals surface area contributed by atoms with Crippen molar-refractivity contribution in [1.82, 2.24) is 0 Å². The maximum Gasteiger partial charge on any atom is 0.308 e. The van der Waals surface area contributed by atoms with Crippen LogP contribution in [0.1, 0.15) is 71.6 Å². The number of ether oxygens (including phenoxy) is 1. The van der Waals surface area contributed by atoms with E-state index in [0.717, 1.165) is 31.6 Å². The van der Waals surface area contributed by atoms with Gasteiger partial charge in [-0.2, -0.15) is 0 Å². The number of esters is 1. The first kappa shape index (κ1) is 18.0. The normalized spacial score (nSPS) is 22.2. The zero-order valence-electron chi connectivity index (χ0n) is 13.5. The molecule has 4 nitrogen and oxygen atoms in total. The van der Waals surface area contributed by atoms with Crippen LogP contribution in [-0.2, 0) is 14.3 Å². The maximum atomic E-state index is 11.9. The Morgan fingerprint density at radius 3 is 2.43 bits per heavy atom. The number of carbonyl (C=O) groups excluding carboxylic acids is 1. The Labute approximate surface area is 128 Å². The standard InChI is InChI=1S/C17H30O4/c1-13(2)8-5-3-4-6-11-21-17(20)15-10-7-9-14(12-15)16(18)19/h13-15H,3-12H2,1-2H3,(H,18,19). The molecule has 2 atom stereocenters. The lowest BCUT2D eigenvalue weighted by Gasteiger charge is -2.25. The molecule has 21 heavy (non-hydrogen) atoms. The van der Waals surface area contributed by atoms with Crippen molar-refractivity contribution in [3.8, 4) is 0 Å². The number of carboxylic acids is 1.